The van der Waals surface area contributed by atoms with Crippen LogP contribution in [0.4, 0.5) is 0 Å². The maximum Gasteiger partial charge on any atom is 0.0710 e. The highest BCUT2D eigenvalue weighted by molar-refractivity contribution is 4.86. The molecule has 0 spiro atoms. The molecule has 2 unspecified atom stereocenters. The van der Waals surface area contributed by atoms with Gasteiger partial charge in [-0.3, -0.25) is 4.90 Å². The third kappa shape index (κ3) is 3.70. The second kappa shape index (κ2) is 5.96. The number of nitrogens with two attached hydrogens (primary N) is 1. The SMILES string of the molecule is COC1CCN(C(CN)CC(C)(C)OC)C1. The van der Waals surface area contributed by atoms with Crippen molar-refractivity contribution in [1.29, 1.82) is 0 Å². The molecule has 0 radical (unpaired) electrons. The Labute approximate surface area is 99.1 Å². The van der Waals surface area contributed by atoms with Gasteiger partial charge in [0.2, 0.25) is 0 Å². The van der Waals surface area contributed by atoms with E-state index in [9.17, 15) is 0 Å². The summed E-state index contributed by atoms with van der Waals surface area (Å²) in [5.41, 5.74) is 5.76. The first-order chi connectivity index (χ1) is 7.52. The Bertz CT molecular complexity index is 209. The normalized spacial score (nSPS) is 24.9. The van der Waals surface area contributed by atoms with Gasteiger partial charge in [0.15, 0.2) is 0 Å². The Morgan fingerprint density at radius 2 is 2.12 bits per heavy atom. The molecule has 0 aliphatic carbocycles. The summed E-state index contributed by atoms with van der Waals surface area (Å²) in [6.07, 6.45) is 2.45. The number of ether oxygens (including phenoxy) is 2. The smallest absolute Gasteiger partial charge is 0.0710 e. The van der Waals surface area contributed by atoms with Crippen molar-refractivity contribution in [3.63, 3.8) is 0 Å². The molecule has 1 aliphatic heterocycles. The standard InChI is InChI=1S/C12H26N2O2/c1-12(2,16-4)7-10(8-13)14-6-5-11(9-14)15-3/h10-11H,5-9,13H2,1-4H3. The van der Waals surface area contributed by atoms with Crippen LogP contribution >= 0.6 is 0 Å². The van der Waals surface area contributed by atoms with Gasteiger partial charge in [-0.15, -0.1) is 0 Å². The maximum absolute atomic E-state index is 5.86. The molecule has 0 aromatic carbocycles. The number of hydrogen-bond donors (Lipinski definition) is 1. The van der Waals surface area contributed by atoms with E-state index in [1.807, 2.05) is 0 Å². The molecule has 16 heavy (non-hydrogen) atoms. The van der Waals surface area contributed by atoms with Crippen LogP contribution in [0.2, 0.25) is 0 Å². The molecule has 1 saturated heterocycles. The summed E-state index contributed by atoms with van der Waals surface area (Å²) in [4.78, 5) is 2.43. The Balaban J connectivity index is 2.49. The highest BCUT2D eigenvalue weighted by Crippen LogP contribution is 2.22. The molecular weight excluding hydrogens is 204 g/mol. The van der Waals surface area contributed by atoms with E-state index in [1.165, 1.54) is 0 Å². The first kappa shape index (κ1) is 13.9. The zero-order valence-electron chi connectivity index (χ0n) is 11.0. The average Bonchev–Trinajstić information content (AvgIpc) is 2.74. The molecule has 4 heteroatoms. The molecule has 0 bridgehead atoms. The summed E-state index contributed by atoms with van der Waals surface area (Å²) in [6.45, 7) is 6.99. The fourth-order valence-corrected chi connectivity index (χ4v) is 2.29. The van der Waals surface area contributed by atoms with Gasteiger partial charge in [0.25, 0.3) is 0 Å². The van der Waals surface area contributed by atoms with E-state index in [0.717, 1.165) is 25.9 Å². The monoisotopic (exact) mass is 230 g/mol. The van der Waals surface area contributed by atoms with Gasteiger partial charge in [-0.25, -0.2) is 0 Å². The first-order valence-corrected chi connectivity index (χ1v) is 6.04. The van der Waals surface area contributed by atoms with Gasteiger partial charge in [0.1, 0.15) is 0 Å². The zero-order valence-corrected chi connectivity index (χ0v) is 11.0. The fraction of sp³-hybridized carbons (Fsp3) is 1.00. The molecule has 0 aromatic heterocycles. The van der Waals surface area contributed by atoms with Crippen LogP contribution in [0.3, 0.4) is 0 Å². The number of likely N-dealkylation sites (tertiary alicyclic amines) is 1. The van der Waals surface area contributed by atoms with E-state index >= 15 is 0 Å². The fourth-order valence-electron chi connectivity index (χ4n) is 2.29. The van der Waals surface area contributed by atoms with Gasteiger partial charge in [-0.05, 0) is 26.7 Å². The van der Waals surface area contributed by atoms with Crippen molar-refractivity contribution in [3.8, 4) is 0 Å². The van der Waals surface area contributed by atoms with Crippen molar-refractivity contribution in [2.45, 2.75) is 44.4 Å². The van der Waals surface area contributed by atoms with Crippen LogP contribution in [0.25, 0.3) is 0 Å². The average molecular weight is 230 g/mol. The number of rotatable bonds is 6. The summed E-state index contributed by atoms with van der Waals surface area (Å²) in [7, 11) is 3.54. The van der Waals surface area contributed by atoms with Gasteiger partial charge in [-0.1, -0.05) is 0 Å². The third-order valence-corrected chi connectivity index (χ3v) is 3.58. The lowest BCUT2D eigenvalue weighted by Crippen LogP contribution is -2.44. The second-order valence-electron chi connectivity index (χ2n) is 5.20. The van der Waals surface area contributed by atoms with Gasteiger partial charge in [-0.2, -0.15) is 0 Å². The Hall–Kier alpha value is -0.160. The number of hydrogen-bond acceptors (Lipinski definition) is 4. The molecular formula is C12H26N2O2. The van der Waals surface area contributed by atoms with Gasteiger partial charge in [0, 0.05) is 39.9 Å². The third-order valence-electron chi connectivity index (χ3n) is 3.58. The summed E-state index contributed by atoms with van der Waals surface area (Å²) < 4.78 is 10.8. The first-order valence-electron chi connectivity index (χ1n) is 6.04. The van der Waals surface area contributed by atoms with Gasteiger partial charge in [0.05, 0.1) is 11.7 Å². The molecule has 1 aliphatic rings. The predicted octanol–water partition coefficient (Wildman–Crippen LogP) is 0.849. The lowest BCUT2D eigenvalue weighted by atomic mass is 9.98. The molecule has 4 nitrogen and oxygen atoms in total. The maximum atomic E-state index is 5.86. The molecule has 0 aromatic rings. The largest absolute Gasteiger partial charge is 0.380 e. The van der Waals surface area contributed by atoms with Crippen molar-refractivity contribution in [1.82, 2.24) is 4.90 Å². The molecule has 2 atom stereocenters. The predicted molar refractivity (Wildman–Crippen MR) is 65.5 cm³/mol. The lowest BCUT2D eigenvalue weighted by Gasteiger charge is -2.33. The van der Waals surface area contributed by atoms with Crippen LogP contribution in [0.15, 0.2) is 0 Å². The summed E-state index contributed by atoms with van der Waals surface area (Å²) in [5.74, 6) is 0. The Morgan fingerprint density at radius 3 is 2.56 bits per heavy atom. The Morgan fingerprint density at radius 1 is 1.44 bits per heavy atom. The van der Waals surface area contributed by atoms with E-state index in [2.05, 4.69) is 18.7 Å². The minimum absolute atomic E-state index is 0.102. The van der Waals surface area contributed by atoms with Crippen LogP contribution in [0.5, 0.6) is 0 Å². The van der Waals surface area contributed by atoms with Crippen molar-refractivity contribution < 1.29 is 9.47 Å². The van der Waals surface area contributed by atoms with E-state index in [1.54, 1.807) is 14.2 Å². The van der Waals surface area contributed by atoms with Crippen molar-refractivity contribution >= 4 is 0 Å². The topological polar surface area (TPSA) is 47.7 Å². The number of nitrogens with zero attached hydrogens (tertiary/aromatic N) is 1. The minimum Gasteiger partial charge on any atom is -0.380 e. The summed E-state index contributed by atoms with van der Waals surface area (Å²) in [5, 5.41) is 0. The highest BCUT2D eigenvalue weighted by atomic mass is 16.5. The van der Waals surface area contributed by atoms with Gasteiger partial charge >= 0.3 is 0 Å². The molecule has 1 fully saturated rings. The van der Waals surface area contributed by atoms with Crippen LogP contribution < -0.4 is 5.73 Å². The molecule has 1 rings (SSSR count). The summed E-state index contributed by atoms with van der Waals surface area (Å²) in [6, 6.07) is 0.398. The van der Waals surface area contributed by atoms with Crippen molar-refractivity contribution in [3.05, 3.63) is 0 Å². The Kier molecular flexibility index (Phi) is 5.18. The van der Waals surface area contributed by atoms with Crippen LogP contribution in [-0.2, 0) is 9.47 Å². The van der Waals surface area contributed by atoms with E-state index in [4.69, 9.17) is 15.2 Å². The highest BCUT2D eigenvalue weighted by Gasteiger charge is 2.31. The zero-order chi connectivity index (χ0) is 12.2. The second-order valence-corrected chi connectivity index (χ2v) is 5.20. The quantitative estimate of drug-likeness (QED) is 0.735. The molecule has 96 valence electrons. The minimum atomic E-state index is -0.102. The number of methoxy groups -OCH3 is 2. The lowest BCUT2D eigenvalue weighted by molar-refractivity contribution is -0.00680. The van der Waals surface area contributed by atoms with E-state index in [-0.39, 0.29) is 5.60 Å². The van der Waals surface area contributed by atoms with E-state index < -0.39 is 0 Å². The molecule has 2 N–H and O–H groups in total. The summed E-state index contributed by atoms with van der Waals surface area (Å²) >= 11 is 0. The molecule has 1 heterocycles. The van der Waals surface area contributed by atoms with E-state index in [0.29, 0.717) is 18.7 Å². The molecule has 0 saturated carbocycles. The van der Waals surface area contributed by atoms with Crippen molar-refractivity contribution in [2.75, 3.05) is 33.9 Å². The van der Waals surface area contributed by atoms with Crippen LogP contribution in [0, 0.1) is 0 Å². The van der Waals surface area contributed by atoms with Crippen molar-refractivity contribution in [2.24, 2.45) is 5.73 Å². The molecule has 0 amide bonds. The van der Waals surface area contributed by atoms with Gasteiger partial charge < -0.3 is 15.2 Å². The van der Waals surface area contributed by atoms with Crippen LogP contribution in [-0.4, -0.2) is 56.5 Å². The van der Waals surface area contributed by atoms with Crippen LogP contribution in [0.1, 0.15) is 26.7 Å².